The summed E-state index contributed by atoms with van der Waals surface area (Å²) in [7, 11) is 0. The molecule has 3 nitrogen and oxygen atoms in total. The molecule has 1 saturated carbocycles. The molecule has 0 unspecified atom stereocenters. The third kappa shape index (κ3) is 2.24. The number of carbonyl (C=O) groups is 1. The molecule has 104 valence electrons. The Balaban J connectivity index is 1.97. The summed E-state index contributed by atoms with van der Waals surface area (Å²) in [6, 6.07) is 7.84. The molecule has 2 fully saturated rings. The number of carbonyl (C=O) groups excluding carboxylic acids is 1. The van der Waals surface area contributed by atoms with Gasteiger partial charge in [0.05, 0.1) is 5.69 Å². The largest absolute Gasteiger partial charge is 0.327 e. The summed E-state index contributed by atoms with van der Waals surface area (Å²) >= 11 is 5.37. The highest BCUT2D eigenvalue weighted by Crippen LogP contribution is 2.30. The average Bonchev–Trinajstić information content (AvgIpc) is 2.76. The van der Waals surface area contributed by atoms with Gasteiger partial charge in [-0.05, 0) is 62.0 Å². The molecule has 0 aromatic heterocycles. The summed E-state index contributed by atoms with van der Waals surface area (Å²) in [6.45, 7) is 2.00. The summed E-state index contributed by atoms with van der Waals surface area (Å²) in [5.74, 6) is 0.00111. The zero-order valence-electron chi connectivity index (χ0n) is 11.6. The van der Waals surface area contributed by atoms with Gasteiger partial charge in [-0.3, -0.25) is 9.69 Å². The van der Waals surface area contributed by atoms with Crippen LogP contribution >= 0.6 is 12.2 Å². The summed E-state index contributed by atoms with van der Waals surface area (Å²) in [6.07, 6.45) is 5.63. The number of aryl methyl sites for hydroxylation is 1. The number of thiocarbonyl (C=S) groups is 1. The van der Waals surface area contributed by atoms with Crippen molar-refractivity contribution in [2.24, 2.45) is 0 Å². The van der Waals surface area contributed by atoms with Crippen LogP contribution in [0.1, 0.15) is 37.7 Å². The van der Waals surface area contributed by atoms with Crippen molar-refractivity contribution in [2.75, 3.05) is 4.90 Å². The van der Waals surface area contributed by atoms with Crippen molar-refractivity contribution in [2.45, 2.75) is 39.0 Å². The fourth-order valence-electron chi connectivity index (χ4n) is 2.92. The summed E-state index contributed by atoms with van der Waals surface area (Å²) in [5, 5.41) is 3.63. The van der Waals surface area contributed by atoms with Crippen LogP contribution in [-0.4, -0.2) is 11.0 Å². The third-order valence-electron chi connectivity index (χ3n) is 4.02. The number of hydrogen-bond acceptors (Lipinski definition) is 2. The van der Waals surface area contributed by atoms with Gasteiger partial charge in [-0.2, -0.15) is 0 Å². The first-order valence-electron chi connectivity index (χ1n) is 7.11. The Morgan fingerprint density at radius 2 is 1.85 bits per heavy atom. The molecule has 0 spiro atoms. The highest BCUT2D eigenvalue weighted by molar-refractivity contribution is 7.80. The summed E-state index contributed by atoms with van der Waals surface area (Å²) in [4.78, 5) is 14.3. The molecule has 1 aliphatic heterocycles. The smallest absolute Gasteiger partial charge is 0.281 e. The van der Waals surface area contributed by atoms with Crippen LogP contribution in [0, 0.1) is 6.92 Å². The molecule has 0 bridgehead atoms. The number of hydrogen-bond donors (Lipinski definition) is 1. The number of nitrogens with zero attached hydrogens (tertiary/aromatic N) is 1. The van der Waals surface area contributed by atoms with Crippen LogP contribution in [0.25, 0.3) is 0 Å². The zero-order chi connectivity index (χ0) is 14.1. The van der Waals surface area contributed by atoms with Crippen molar-refractivity contribution >= 4 is 28.9 Å². The van der Waals surface area contributed by atoms with Crippen molar-refractivity contribution < 1.29 is 4.79 Å². The number of benzene rings is 1. The molecule has 1 aromatic rings. The van der Waals surface area contributed by atoms with Crippen LogP contribution in [0.15, 0.2) is 35.5 Å². The highest BCUT2D eigenvalue weighted by Gasteiger charge is 2.34. The molecule has 1 aliphatic carbocycles. The van der Waals surface area contributed by atoms with Gasteiger partial charge in [0.1, 0.15) is 5.70 Å². The summed E-state index contributed by atoms with van der Waals surface area (Å²) in [5.41, 5.74) is 3.89. The predicted octanol–water partition coefficient (Wildman–Crippen LogP) is 3.43. The van der Waals surface area contributed by atoms with Crippen LogP contribution in [0.5, 0.6) is 0 Å². The molecule has 1 N–H and O–H groups in total. The van der Waals surface area contributed by atoms with E-state index in [2.05, 4.69) is 5.32 Å². The van der Waals surface area contributed by atoms with E-state index in [4.69, 9.17) is 12.2 Å². The zero-order valence-corrected chi connectivity index (χ0v) is 12.4. The lowest BCUT2D eigenvalue weighted by atomic mass is 9.93. The van der Waals surface area contributed by atoms with E-state index in [0.29, 0.717) is 5.11 Å². The second-order valence-electron chi connectivity index (χ2n) is 5.40. The van der Waals surface area contributed by atoms with E-state index in [1.165, 1.54) is 24.8 Å². The van der Waals surface area contributed by atoms with Gasteiger partial charge in [-0.1, -0.05) is 24.6 Å². The molecule has 1 saturated heterocycles. The lowest BCUT2D eigenvalue weighted by Gasteiger charge is -2.17. The van der Waals surface area contributed by atoms with Gasteiger partial charge < -0.3 is 5.32 Å². The first kappa shape index (κ1) is 13.3. The molecule has 0 radical (unpaired) electrons. The fraction of sp³-hybridized carbons (Fsp3) is 0.375. The van der Waals surface area contributed by atoms with Crippen LogP contribution in [0.3, 0.4) is 0 Å². The fourth-order valence-corrected chi connectivity index (χ4v) is 3.20. The molecular formula is C16H18N2OS. The minimum atomic E-state index is 0.00111. The van der Waals surface area contributed by atoms with E-state index in [9.17, 15) is 4.79 Å². The number of para-hydroxylation sites is 1. The highest BCUT2D eigenvalue weighted by atomic mass is 32.1. The second kappa shape index (κ2) is 5.37. The Labute approximate surface area is 124 Å². The number of nitrogens with one attached hydrogen (secondary N) is 1. The van der Waals surface area contributed by atoms with E-state index in [1.807, 2.05) is 31.2 Å². The Morgan fingerprint density at radius 1 is 1.15 bits per heavy atom. The second-order valence-corrected chi connectivity index (χ2v) is 5.78. The first-order valence-corrected chi connectivity index (χ1v) is 7.52. The van der Waals surface area contributed by atoms with E-state index in [-0.39, 0.29) is 5.91 Å². The molecule has 20 heavy (non-hydrogen) atoms. The Bertz CT molecular complexity index is 598. The number of allylic oxidation sites excluding steroid dienone is 1. The molecule has 1 aromatic carbocycles. The van der Waals surface area contributed by atoms with E-state index in [1.54, 1.807) is 4.90 Å². The van der Waals surface area contributed by atoms with Crippen LogP contribution in [-0.2, 0) is 4.79 Å². The van der Waals surface area contributed by atoms with Gasteiger partial charge >= 0.3 is 0 Å². The number of rotatable bonds is 1. The van der Waals surface area contributed by atoms with Crippen LogP contribution in [0.4, 0.5) is 5.69 Å². The van der Waals surface area contributed by atoms with Crippen molar-refractivity contribution in [3.05, 3.63) is 41.1 Å². The quantitative estimate of drug-likeness (QED) is 0.634. The molecular weight excluding hydrogens is 268 g/mol. The van der Waals surface area contributed by atoms with E-state index in [0.717, 1.165) is 29.8 Å². The molecule has 4 heteroatoms. The summed E-state index contributed by atoms with van der Waals surface area (Å²) < 4.78 is 0. The minimum absolute atomic E-state index is 0.00111. The molecule has 0 atom stereocenters. The van der Waals surface area contributed by atoms with Gasteiger partial charge in [-0.15, -0.1) is 0 Å². The maximum Gasteiger partial charge on any atom is 0.281 e. The Hall–Kier alpha value is -1.68. The van der Waals surface area contributed by atoms with E-state index >= 15 is 0 Å². The van der Waals surface area contributed by atoms with Crippen molar-refractivity contribution in [3.8, 4) is 0 Å². The van der Waals surface area contributed by atoms with Gasteiger partial charge in [0.15, 0.2) is 5.11 Å². The standard InChI is InChI=1S/C16H18N2OS/c1-11-7-5-6-10-13(11)18-15(19)14(17-16(18)20)12-8-3-2-4-9-12/h5-7,10H,2-4,8-9H2,1H3,(H,17,20). The number of amides is 1. The molecule has 3 rings (SSSR count). The van der Waals surface area contributed by atoms with Crippen molar-refractivity contribution in [1.29, 1.82) is 0 Å². The lowest BCUT2D eigenvalue weighted by Crippen LogP contribution is -2.30. The van der Waals surface area contributed by atoms with Gasteiger partial charge in [0.2, 0.25) is 0 Å². The lowest BCUT2D eigenvalue weighted by molar-refractivity contribution is -0.113. The molecule has 2 aliphatic rings. The van der Waals surface area contributed by atoms with Crippen molar-refractivity contribution in [3.63, 3.8) is 0 Å². The third-order valence-corrected chi connectivity index (χ3v) is 4.30. The Kier molecular flexibility index (Phi) is 3.57. The topological polar surface area (TPSA) is 32.3 Å². The van der Waals surface area contributed by atoms with Crippen LogP contribution < -0.4 is 10.2 Å². The van der Waals surface area contributed by atoms with Gasteiger partial charge in [0, 0.05) is 0 Å². The monoisotopic (exact) mass is 286 g/mol. The van der Waals surface area contributed by atoms with Crippen molar-refractivity contribution in [1.82, 2.24) is 5.32 Å². The maximum absolute atomic E-state index is 12.7. The average molecular weight is 286 g/mol. The first-order chi connectivity index (χ1) is 9.68. The van der Waals surface area contributed by atoms with E-state index < -0.39 is 0 Å². The number of anilines is 1. The molecule has 1 heterocycles. The SMILES string of the molecule is Cc1ccccc1N1C(=O)C(=C2CCCCC2)NC1=S. The van der Waals surface area contributed by atoms with Gasteiger partial charge in [0.25, 0.3) is 5.91 Å². The Morgan fingerprint density at radius 3 is 2.55 bits per heavy atom. The molecule has 1 amide bonds. The maximum atomic E-state index is 12.7. The normalized spacial score (nSPS) is 19.6. The van der Waals surface area contributed by atoms with Crippen LogP contribution in [0.2, 0.25) is 0 Å². The predicted molar refractivity (Wildman–Crippen MR) is 84.5 cm³/mol. The van der Waals surface area contributed by atoms with Gasteiger partial charge in [-0.25, -0.2) is 0 Å². The minimum Gasteiger partial charge on any atom is -0.327 e.